The van der Waals surface area contributed by atoms with E-state index in [0.717, 1.165) is 16.7 Å². The summed E-state index contributed by atoms with van der Waals surface area (Å²) in [6.07, 6.45) is 6.17. The molecule has 0 atom stereocenters. The molecule has 0 fully saturated rings. The highest BCUT2D eigenvalue weighted by Crippen LogP contribution is 2.15. The van der Waals surface area contributed by atoms with Crippen LogP contribution in [0.5, 0.6) is 0 Å². The van der Waals surface area contributed by atoms with E-state index in [9.17, 15) is 4.39 Å². The first kappa shape index (κ1) is 11.5. The first-order valence-corrected chi connectivity index (χ1v) is 5.58. The minimum atomic E-state index is -0.147. The molecule has 0 spiro atoms. The molecule has 0 aliphatic carbocycles. The van der Waals surface area contributed by atoms with Gasteiger partial charge in [-0.1, -0.05) is 24.3 Å². The summed E-state index contributed by atoms with van der Waals surface area (Å²) in [5, 5.41) is 0. The van der Waals surface area contributed by atoms with Crippen molar-refractivity contribution in [2.24, 2.45) is 0 Å². The second-order valence-corrected chi connectivity index (χ2v) is 3.92. The number of allylic oxidation sites excluding steroid dienone is 2. The maximum Gasteiger partial charge on any atom is 0.126 e. The van der Waals surface area contributed by atoms with Gasteiger partial charge in [-0.05, 0) is 48.2 Å². The smallest absolute Gasteiger partial charge is 0.126 e. The molecule has 0 bridgehead atoms. The molecule has 0 radical (unpaired) electrons. The van der Waals surface area contributed by atoms with Crippen molar-refractivity contribution in [2.75, 3.05) is 0 Å². The number of benzene rings is 1. The van der Waals surface area contributed by atoms with E-state index in [-0.39, 0.29) is 5.82 Å². The van der Waals surface area contributed by atoms with Gasteiger partial charge in [0, 0.05) is 12.4 Å². The fourth-order valence-electron chi connectivity index (χ4n) is 1.66. The Morgan fingerprint density at radius 2 is 1.88 bits per heavy atom. The lowest BCUT2D eigenvalue weighted by Gasteiger charge is -2.02. The topological polar surface area (TPSA) is 12.9 Å². The van der Waals surface area contributed by atoms with Gasteiger partial charge in [0.05, 0.1) is 0 Å². The zero-order valence-corrected chi connectivity index (χ0v) is 9.73. The number of hydrogen-bond acceptors (Lipinski definition) is 1. The SMILES string of the molecule is C/C(=C\Cc1ccccc1F)c1ccncc1. The number of halogens is 1. The molecule has 0 unspecified atom stereocenters. The first-order valence-electron chi connectivity index (χ1n) is 5.58. The van der Waals surface area contributed by atoms with Crippen molar-refractivity contribution in [2.45, 2.75) is 13.3 Å². The summed E-state index contributed by atoms with van der Waals surface area (Å²) in [5.41, 5.74) is 2.98. The van der Waals surface area contributed by atoms with Crippen LogP contribution in [0.25, 0.3) is 5.57 Å². The van der Waals surface area contributed by atoms with Gasteiger partial charge in [0.1, 0.15) is 5.82 Å². The molecular formula is C15H14FN. The third-order valence-electron chi connectivity index (χ3n) is 2.72. The minimum absolute atomic E-state index is 0.147. The molecule has 0 amide bonds. The highest BCUT2D eigenvalue weighted by Gasteiger charge is 1.99. The number of nitrogens with zero attached hydrogens (tertiary/aromatic N) is 1. The van der Waals surface area contributed by atoms with Crippen molar-refractivity contribution >= 4 is 5.57 Å². The van der Waals surface area contributed by atoms with E-state index < -0.39 is 0 Å². The molecule has 86 valence electrons. The number of hydrogen-bond donors (Lipinski definition) is 0. The van der Waals surface area contributed by atoms with Crippen molar-refractivity contribution in [3.8, 4) is 0 Å². The fourth-order valence-corrected chi connectivity index (χ4v) is 1.66. The van der Waals surface area contributed by atoms with Crippen LogP contribution in [0.15, 0.2) is 54.9 Å². The van der Waals surface area contributed by atoms with E-state index >= 15 is 0 Å². The number of rotatable bonds is 3. The highest BCUT2D eigenvalue weighted by molar-refractivity contribution is 5.63. The molecule has 2 heteroatoms. The van der Waals surface area contributed by atoms with Crippen molar-refractivity contribution in [3.63, 3.8) is 0 Å². The van der Waals surface area contributed by atoms with Gasteiger partial charge in [-0.25, -0.2) is 4.39 Å². The monoisotopic (exact) mass is 227 g/mol. The zero-order valence-electron chi connectivity index (χ0n) is 9.73. The van der Waals surface area contributed by atoms with Crippen molar-refractivity contribution in [1.82, 2.24) is 4.98 Å². The van der Waals surface area contributed by atoms with Gasteiger partial charge < -0.3 is 0 Å². The largest absolute Gasteiger partial charge is 0.265 e. The van der Waals surface area contributed by atoms with Gasteiger partial charge in [0.25, 0.3) is 0 Å². The summed E-state index contributed by atoms with van der Waals surface area (Å²) in [6, 6.07) is 10.8. The Labute approximate surface area is 101 Å². The summed E-state index contributed by atoms with van der Waals surface area (Å²) in [5.74, 6) is -0.147. The Morgan fingerprint density at radius 1 is 1.18 bits per heavy atom. The van der Waals surface area contributed by atoms with E-state index in [0.29, 0.717) is 6.42 Å². The number of aromatic nitrogens is 1. The van der Waals surface area contributed by atoms with E-state index in [2.05, 4.69) is 4.98 Å². The molecule has 17 heavy (non-hydrogen) atoms. The summed E-state index contributed by atoms with van der Waals surface area (Å²) in [6.45, 7) is 2.02. The maximum atomic E-state index is 13.4. The molecule has 0 saturated heterocycles. The van der Waals surface area contributed by atoms with E-state index in [1.807, 2.05) is 37.3 Å². The van der Waals surface area contributed by atoms with Crippen LogP contribution < -0.4 is 0 Å². The summed E-state index contributed by atoms with van der Waals surface area (Å²) < 4.78 is 13.4. The molecule has 2 aromatic rings. The summed E-state index contributed by atoms with van der Waals surface area (Å²) >= 11 is 0. The van der Waals surface area contributed by atoms with Gasteiger partial charge >= 0.3 is 0 Å². The Bertz CT molecular complexity index is 517. The lowest BCUT2D eigenvalue weighted by atomic mass is 10.1. The first-order chi connectivity index (χ1) is 8.27. The average molecular weight is 227 g/mol. The van der Waals surface area contributed by atoms with Crippen LogP contribution >= 0.6 is 0 Å². The Hall–Kier alpha value is -1.96. The van der Waals surface area contributed by atoms with Crippen LogP contribution in [-0.2, 0) is 6.42 Å². The van der Waals surface area contributed by atoms with Gasteiger partial charge in [0.15, 0.2) is 0 Å². The van der Waals surface area contributed by atoms with Crippen LogP contribution in [-0.4, -0.2) is 4.98 Å². The lowest BCUT2D eigenvalue weighted by molar-refractivity contribution is 0.615. The van der Waals surface area contributed by atoms with Crippen molar-refractivity contribution in [1.29, 1.82) is 0 Å². The standard InChI is InChI=1S/C15H14FN/c1-12(13-8-10-17-11-9-13)6-7-14-4-2-3-5-15(14)16/h2-6,8-11H,7H2,1H3/b12-6+. The van der Waals surface area contributed by atoms with E-state index in [1.54, 1.807) is 18.5 Å². The third-order valence-corrected chi connectivity index (χ3v) is 2.72. The third kappa shape index (κ3) is 3.00. The molecule has 2 rings (SSSR count). The van der Waals surface area contributed by atoms with Gasteiger partial charge in [-0.3, -0.25) is 4.98 Å². The van der Waals surface area contributed by atoms with Gasteiger partial charge in [0.2, 0.25) is 0 Å². The highest BCUT2D eigenvalue weighted by atomic mass is 19.1. The van der Waals surface area contributed by atoms with Crippen LogP contribution in [0.3, 0.4) is 0 Å². The van der Waals surface area contributed by atoms with Crippen LogP contribution in [0, 0.1) is 5.82 Å². The summed E-state index contributed by atoms with van der Waals surface area (Å²) in [7, 11) is 0. The van der Waals surface area contributed by atoms with Gasteiger partial charge in [-0.15, -0.1) is 0 Å². The second kappa shape index (κ2) is 5.39. The maximum absolute atomic E-state index is 13.4. The van der Waals surface area contributed by atoms with Crippen LogP contribution in [0.1, 0.15) is 18.1 Å². The summed E-state index contributed by atoms with van der Waals surface area (Å²) in [4.78, 5) is 3.97. The molecule has 1 aromatic carbocycles. The van der Waals surface area contributed by atoms with Crippen molar-refractivity contribution in [3.05, 3.63) is 71.8 Å². The van der Waals surface area contributed by atoms with Crippen LogP contribution in [0.2, 0.25) is 0 Å². The average Bonchev–Trinajstić information content (AvgIpc) is 2.38. The minimum Gasteiger partial charge on any atom is -0.265 e. The quantitative estimate of drug-likeness (QED) is 0.775. The predicted molar refractivity (Wildman–Crippen MR) is 68.0 cm³/mol. The molecule has 1 nitrogen and oxygen atoms in total. The Morgan fingerprint density at radius 3 is 2.59 bits per heavy atom. The van der Waals surface area contributed by atoms with Crippen molar-refractivity contribution < 1.29 is 4.39 Å². The predicted octanol–water partition coefficient (Wildman–Crippen LogP) is 3.87. The van der Waals surface area contributed by atoms with E-state index in [4.69, 9.17) is 0 Å². The normalized spacial score (nSPS) is 11.5. The van der Waals surface area contributed by atoms with Crippen LogP contribution in [0.4, 0.5) is 4.39 Å². The molecule has 0 saturated carbocycles. The molecule has 1 aromatic heterocycles. The molecule has 0 aliphatic rings. The molecule has 0 N–H and O–H groups in total. The fraction of sp³-hybridized carbons (Fsp3) is 0.133. The Kier molecular flexibility index (Phi) is 3.66. The second-order valence-electron chi connectivity index (χ2n) is 3.92. The molecule has 1 heterocycles. The van der Waals surface area contributed by atoms with Gasteiger partial charge in [-0.2, -0.15) is 0 Å². The Balaban J connectivity index is 2.14. The lowest BCUT2D eigenvalue weighted by Crippen LogP contribution is -1.88. The molecular weight excluding hydrogens is 213 g/mol. The number of pyridine rings is 1. The molecule has 0 aliphatic heterocycles. The van der Waals surface area contributed by atoms with E-state index in [1.165, 1.54) is 6.07 Å². The zero-order chi connectivity index (χ0) is 12.1.